The summed E-state index contributed by atoms with van der Waals surface area (Å²) in [6, 6.07) is 64.4. The Hall–Kier alpha value is -6.66. The van der Waals surface area contributed by atoms with Crippen LogP contribution in [0.4, 0.5) is 0 Å². The number of hydrogen-bond acceptors (Lipinski definition) is 16. The Morgan fingerprint density at radius 3 is 1.45 bits per heavy atom. The van der Waals surface area contributed by atoms with Crippen molar-refractivity contribution in [2.75, 3.05) is 19.8 Å². The van der Waals surface area contributed by atoms with Crippen LogP contribution in [0.15, 0.2) is 206 Å². The standard InChI is InChI=1S/C73H81NO16Si/c1-48-61(80-42-50-27-13-6-14-28-50)60(75)65(82-44-52-31-17-8-18-32-52)72(85-48)90-67-66(83-45-53-33-19-9-20-34-53)62(81-43-51-29-15-7-16-30-51)57(46-78-41-49-25-11-5-12-26-49)87-73(67)89-64-59(74-68(76)55-37-23-24-38-56(55)69(74)77)71(79-39-40-91(2,3)4)86-58-47-84-70(88-63(58)64)54-35-21-10-22-36-54/h5-38,48,57-67,70-73,75H,39-47H2,1-4H3/t48-,57+,58+,59+,60+,61+,62-,63+,64+,65-,66-,67+,70?,71+,72-,73-/m0/s1. The first-order valence-electron chi connectivity index (χ1n) is 31.5. The lowest BCUT2D eigenvalue weighted by atomic mass is 9.93. The third-order valence-electron chi connectivity index (χ3n) is 17.1. The number of aliphatic hydroxyl groups excluding tert-OH is 1. The van der Waals surface area contributed by atoms with E-state index in [0.717, 1.165) is 39.4 Å². The van der Waals surface area contributed by atoms with Gasteiger partial charge < -0.3 is 66.7 Å². The van der Waals surface area contributed by atoms with Gasteiger partial charge in [-0.3, -0.25) is 14.5 Å². The highest BCUT2D eigenvalue weighted by atomic mass is 28.3. The molecule has 16 atom stereocenters. The van der Waals surface area contributed by atoms with Gasteiger partial charge in [0.1, 0.15) is 67.1 Å². The number of rotatable bonds is 26. The zero-order valence-electron chi connectivity index (χ0n) is 51.7. The topological polar surface area (TPSA) is 178 Å². The van der Waals surface area contributed by atoms with Crippen LogP contribution < -0.4 is 0 Å². The van der Waals surface area contributed by atoms with Crippen LogP contribution in [0.2, 0.25) is 25.7 Å². The van der Waals surface area contributed by atoms with Crippen molar-refractivity contribution < 1.29 is 76.3 Å². The van der Waals surface area contributed by atoms with Gasteiger partial charge in [-0.05, 0) is 52.9 Å². The molecular weight excluding hydrogens is 1170 g/mol. The molecule has 5 aliphatic rings. The molecule has 1 N–H and O–H groups in total. The fourth-order valence-electron chi connectivity index (χ4n) is 12.3. The van der Waals surface area contributed by atoms with E-state index < -0.39 is 118 Å². The predicted molar refractivity (Wildman–Crippen MR) is 338 cm³/mol. The van der Waals surface area contributed by atoms with Crippen molar-refractivity contribution >= 4 is 19.9 Å². The SMILES string of the molecule is C[C@@H]1O[C@@H](O[C@H]2[C@H](O[C@H]3[C@@H]4OC(c5ccccc5)OC[C@H]4O[C@@H](OCC[Si](C)(C)C)[C@@H]3N3C(=O)c4ccccc4C3=O)O[C@H](COCc3ccccc3)[C@H](OCc3ccccc3)[C@@H]2OCc2ccccc2)[C@@H](OCc2ccccc2)[C@H](O)[C@@H]1OCc1ccccc1. The van der Waals surface area contributed by atoms with Gasteiger partial charge in [0.25, 0.3) is 11.8 Å². The average molecular weight is 1260 g/mol. The molecule has 5 heterocycles. The number of ether oxygens (including phenoxy) is 13. The van der Waals surface area contributed by atoms with Gasteiger partial charge in [-0.15, -0.1) is 0 Å². The first-order chi connectivity index (χ1) is 44.4. The molecule has 0 aliphatic carbocycles. The monoisotopic (exact) mass is 1260 g/mol. The van der Waals surface area contributed by atoms with E-state index in [0.29, 0.717) is 0 Å². The maximum absolute atomic E-state index is 15.2. The van der Waals surface area contributed by atoms with Crippen LogP contribution in [0.3, 0.4) is 0 Å². The van der Waals surface area contributed by atoms with E-state index in [1.165, 1.54) is 4.90 Å². The fraction of sp³-hybridized carbons (Fsp3) is 0.397. The lowest BCUT2D eigenvalue weighted by Crippen LogP contribution is -2.71. The van der Waals surface area contributed by atoms with E-state index >= 15 is 9.59 Å². The number of benzene rings is 7. The van der Waals surface area contributed by atoms with Crippen molar-refractivity contribution in [3.8, 4) is 0 Å². The Morgan fingerprint density at radius 1 is 0.473 bits per heavy atom. The summed E-state index contributed by atoms with van der Waals surface area (Å²) in [5, 5.41) is 12.8. The van der Waals surface area contributed by atoms with Crippen molar-refractivity contribution in [2.24, 2.45) is 0 Å². The van der Waals surface area contributed by atoms with Crippen LogP contribution in [0.5, 0.6) is 0 Å². The van der Waals surface area contributed by atoms with Gasteiger partial charge in [0.2, 0.25) is 0 Å². The number of aliphatic hydroxyl groups is 1. The molecule has 2 amide bonds. The zero-order valence-corrected chi connectivity index (χ0v) is 52.7. The smallest absolute Gasteiger partial charge is 0.262 e. The third kappa shape index (κ3) is 15.9. The second-order valence-corrected chi connectivity index (χ2v) is 30.5. The highest BCUT2D eigenvalue weighted by molar-refractivity contribution is 6.76. The minimum atomic E-state index is -1.75. The van der Waals surface area contributed by atoms with Crippen molar-refractivity contribution in [1.82, 2.24) is 4.90 Å². The Morgan fingerprint density at radius 2 is 0.923 bits per heavy atom. The predicted octanol–water partition coefficient (Wildman–Crippen LogP) is 11.0. The Balaban J connectivity index is 0.993. The lowest BCUT2D eigenvalue weighted by molar-refractivity contribution is -0.404. The second kappa shape index (κ2) is 30.4. The zero-order chi connectivity index (χ0) is 62.7. The van der Waals surface area contributed by atoms with Gasteiger partial charge in [-0.2, -0.15) is 0 Å². The average Bonchev–Trinajstić information content (AvgIpc) is 1.72. The van der Waals surface area contributed by atoms with Gasteiger partial charge in [-0.1, -0.05) is 214 Å². The first kappa shape index (κ1) is 64.4. The minimum absolute atomic E-state index is 0.0199. The summed E-state index contributed by atoms with van der Waals surface area (Å²) in [7, 11) is -1.75. The van der Waals surface area contributed by atoms with Gasteiger partial charge in [0.05, 0.1) is 63.5 Å². The number of fused-ring (bicyclic) bond motifs is 2. The number of nitrogens with zero attached hydrogens (tertiary/aromatic N) is 1. The highest BCUT2D eigenvalue weighted by Crippen LogP contribution is 2.43. The first-order valence-corrected chi connectivity index (χ1v) is 35.2. The summed E-state index contributed by atoms with van der Waals surface area (Å²) in [5.74, 6) is -1.12. The maximum Gasteiger partial charge on any atom is 0.262 e. The molecule has 18 heteroatoms. The second-order valence-electron chi connectivity index (χ2n) is 24.9. The Labute approximate surface area is 533 Å². The molecule has 0 bridgehead atoms. The summed E-state index contributed by atoms with van der Waals surface area (Å²) in [6.07, 6.45) is -16.8. The lowest BCUT2D eigenvalue weighted by Gasteiger charge is -2.53. The van der Waals surface area contributed by atoms with Crippen LogP contribution >= 0.6 is 0 Å². The number of imide groups is 1. The normalized spacial score (nSPS) is 29.2. The van der Waals surface area contributed by atoms with Gasteiger partial charge in [0, 0.05) is 20.2 Å². The molecule has 0 saturated carbocycles. The van der Waals surface area contributed by atoms with Crippen LogP contribution in [0.25, 0.3) is 0 Å². The number of carbonyl (C=O) groups is 2. The molecule has 0 radical (unpaired) electrons. The molecule has 478 valence electrons. The van der Waals surface area contributed by atoms with Crippen molar-refractivity contribution in [2.45, 2.75) is 164 Å². The van der Waals surface area contributed by atoms with E-state index in [2.05, 4.69) is 19.6 Å². The molecule has 5 aliphatic heterocycles. The highest BCUT2D eigenvalue weighted by Gasteiger charge is 2.61. The molecule has 17 nitrogen and oxygen atoms in total. The van der Waals surface area contributed by atoms with Gasteiger partial charge >= 0.3 is 0 Å². The van der Waals surface area contributed by atoms with Gasteiger partial charge in [0.15, 0.2) is 25.2 Å². The number of carbonyl (C=O) groups excluding carboxylic acids is 2. The summed E-state index contributed by atoms with van der Waals surface area (Å²) in [5.41, 5.74) is 5.58. The van der Waals surface area contributed by atoms with Crippen LogP contribution in [-0.4, -0.2) is 142 Å². The minimum Gasteiger partial charge on any atom is -0.387 e. The largest absolute Gasteiger partial charge is 0.387 e. The number of hydrogen-bond donors (Lipinski definition) is 1. The molecule has 91 heavy (non-hydrogen) atoms. The van der Waals surface area contributed by atoms with E-state index in [1.54, 1.807) is 24.3 Å². The number of amides is 2. The molecule has 1 unspecified atom stereocenters. The quantitative estimate of drug-likeness (QED) is 0.0400. The van der Waals surface area contributed by atoms with E-state index in [4.69, 9.17) is 61.6 Å². The van der Waals surface area contributed by atoms with Crippen molar-refractivity contribution in [3.63, 3.8) is 0 Å². The van der Waals surface area contributed by atoms with Crippen LogP contribution in [0.1, 0.15) is 67.3 Å². The Bertz CT molecular complexity index is 3360. The third-order valence-corrected chi connectivity index (χ3v) is 18.8. The molecule has 0 aromatic heterocycles. The molecule has 4 fully saturated rings. The maximum atomic E-state index is 15.2. The molecule has 0 spiro atoms. The van der Waals surface area contributed by atoms with Crippen molar-refractivity contribution in [1.29, 1.82) is 0 Å². The Kier molecular flexibility index (Phi) is 21.5. The molecule has 4 saturated heterocycles. The molecule has 7 aromatic carbocycles. The molecule has 12 rings (SSSR count). The summed E-state index contributed by atoms with van der Waals surface area (Å²) in [4.78, 5) is 31.6. The molecular formula is C73H81NO16Si. The summed E-state index contributed by atoms with van der Waals surface area (Å²) in [6.45, 7) is 9.47. The van der Waals surface area contributed by atoms with E-state index in [1.807, 2.05) is 189 Å². The van der Waals surface area contributed by atoms with E-state index in [-0.39, 0.29) is 64.0 Å². The van der Waals surface area contributed by atoms with Crippen LogP contribution in [0, 0.1) is 0 Å². The summed E-state index contributed by atoms with van der Waals surface area (Å²) >= 11 is 0. The van der Waals surface area contributed by atoms with Crippen LogP contribution in [-0.2, 0) is 94.6 Å². The molecule has 7 aromatic rings. The summed E-state index contributed by atoms with van der Waals surface area (Å²) < 4.78 is 91.5. The van der Waals surface area contributed by atoms with E-state index in [9.17, 15) is 5.11 Å². The fourth-order valence-corrected chi connectivity index (χ4v) is 13.0. The van der Waals surface area contributed by atoms with Crippen molar-refractivity contribution in [3.05, 3.63) is 251 Å². The van der Waals surface area contributed by atoms with Gasteiger partial charge in [-0.25, -0.2) is 0 Å².